The number of hydrogen-bond acceptors (Lipinski definition) is 6. The molecule has 1 aromatic carbocycles. The van der Waals surface area contributed by atoms with Gasteiger partial charge in [0.25, 0.3) is 5.91 Å². The predicted molar refractivity (Wildman–Crippen MR) is 106 cm³/mol. The molecule has 3 amide bonds. The average molecular weight is 421 g/mol. The first-order valence-corrected chi connectivity index (χ1v) is 9.72. The maximum atomic E-state index is 12.1. The van der Waals surface area contributed by atoms with Crippen molar-refractivity contribution in [3.8, 4) is 0 Å². The summed E-state index contributed by atoms with van der Waals surface area (Å²) in [5.41, 5.74) is -0.301. The number of esters is 1. The number of rotatable bonds is 4. The highest BCUT2D eigenvalue weighted by Gasteiger charge is 2.23. The molecule has 3 rings (SSSR count). The lowest BCUT2D eigenvalue weighted by Gasteiger charge is -2.29. The van der Waals surface area contributed by atoms with Crippen molar-refractivity contribution in [1.29, 1.82) is 0 Å². The molecule has 0 radical (unpaired) electrons. The van der Waals surface area contributed by atoms with E-state index in [1.165, 1.54) is 18.2 Å². The zero-order valence-electron chi connectivity index (χ0n) is 15.8. The van der Waals surface area contributed by atoms with Crippen LogP contribution >= 0.6 is 11.6 Å². The molecule has 1 saturated carbocycles. The molecule has 154 valence electrons. The van der Waals surface area contributed by atoms with E-state index in [1.54, 1.807) is 0 Å². The monoisotopic (exact) mass is 420 g/mol. The molecule has 0 aliphatic heterocycles. The van der Waals surface area contributed by atoms with Crippen molar-refractivity contribution >= 4 is 40.5 Å². The second kappa shape index (κ2) is 9.09. The number of benzene rings is 1. The molecule has 1 aromatic heterocycles. The Balaban J connectivity index is 1.54. The van der Waals surface area contributed by atoms with Gasteiger partial charge in [0, 0.05) is 17.1 Å². The van der Waals surface area contributed by atoms with Crippen molar-refractivity contribution < 1.29 is 23.5 Å². The number of ether oxygens (including phenoxy) is 1. The van der Waals surface area contributed by atoms with E-state index in [0.29, 0.717) is 10.9 Å². The molecule has 0 bridgehead atoms. The molecule has 1 aliphatic rings. The highest BCUT2D eigenvalue weighted by atomic mass is 35.5. The molecule has 0 unspecified atom stereocenters. The quantitative estimate of drug-likeness (QED) is 0.735. The van der Waals surface area contributed by atoms with E-state index in [9.17, 15) is 19.2 Å². The Morgan fingerprint density at radius 1 is 1.21 bits per heavy atom. The normalized spacial score (nSPS) is 18.8. The third kappa shape index (κ3) is 5.35. The van der Waals surface area contributed by atoms with Crippen LogP contribution < -0.4 is 16.1 Å². The molecular weight excluding hydrogens is 400 g/mol. The Morgan fingerprint density at radius 3 is 2.72 bits per heavy atom. The summed E-state index contributed by atoms with van der Waals surface area (Å²) in [5.74, 6) is -1.78. The zero-order valence-corrected chi connectivity index (χ0v) is 16.6. The van der Waals surface area contributed by atoms with E-state index in [1.807, 2.05) is 0 Å². The maximum absolute atomic E-state index is 12.1. The first kappa shape index (κ1) is 20.9. The number of halogens is 1. The molecule has 2 atom stereocenters. The topological polar surface area (TPSA) is 115 Å². The fourth-order valence-electron chi connectivity index (χ4n) is 3.33. The lowest BCUT2D eigenvalue weighted by atomic mass is 9.86. The minimum atomic E-state index is -0.990. The molecule has 8 nitrogen and oxygen atoms in total. The molecule has 2 N–H and O–H groups in total. The minimum Gasteiger partial charge on any atom is -0.450 e. The molecule has 1 heterocycles. The van der Waals surface area contributed by atoms with Gasteiger partial charge in [-0.25, -0.2) is 9.59 Å². The lowest BCUT2D eigenvalue weighted by Crippen LogP contribution is -2.48. The van der Waals surface area contributed by atoms with Gasteiger partial charge in [0.15, 0.2) is 12.0 Å². The van der Waals surface area contributed by atoms with E-state index in [2.05, 4.69) is 17.6 Å². The minimum absolute atomic E-state index is 0.0134. The van der Waals surface area contributed by atoms with Crippen LogP contribution in [0.4, 0.5) is 4.79 Å². The fourth-order valence-corrected chi connectivity index (χ4v) is 3.50. The number of urea groups is 1. The largest absolute Gasteiger partial charge is 0.450 e. The summed E-state index contributed by atoms with van der Waals surface area (Å²) in [6.07, 6.45) is 4.06. The SMILES string of the molecule is C[C@H]1CCCC[C@H]1NC(=O)NC(=O)COC(=O)c1cc(=O)c2cc(Cl)ccc2o1. The van der Waals surface area contributed by atoms with Crippen LogP contribution in [0.2, 0.25) is 5.02 Å². The van der Waals surface area contributed by atoms with Gasteiger partial charge in [-0.3, -0.25) is 14.9 Å². The van der Waals surface area contributed by atoms with Crippen molar-refractivity contribution in [3.63, 3.8) is 0 Å². The summed E-state index contributed by atoms with van der Waals surface area (Å²) < 4.78 is 10.2. The molecule has 1 aliphatic carbocycles. The van der Waals surface area contributed by atoms with Crippen molar-refractivity contribution in [2.75, 3.05) is 6.61 Å². The number of nitrogens with one attached hydrogen (secondary N) is 2. The number of fused-ring (bicyclic) bond motifs is 1. The predicted octanol–water partition coefficient (Wildman–Crippen LogP) is 3.01. The molecule has 9 heteroatoms. The van der Waals surface area contributed by atoms with Crippen LogP contribution in [0.15, 0.2) is 33.5 Å². The second-order valence-electron chi connectivity index (χ2n) is 7.08. The Hall–Kier alpha value is -2.87. The van der Waals surface area contributed by atoms with E-state index >= 15 is 0 Å². The number of imide groups is 1. The van der Waals surface area contributed by atoms with Gasteiger partial charge in [0.1, 0.15) is 5.58 Å². The van der Waals surface area contributed by atoms with Crippen LogP contribution in [0, 0.1) is 5.92 Å². The zero-order chi connectivity index (χ0) is 21.0. The second-order valence-corrected chi connectivity index (χ2v) is 7.52. The Morgan fingerprint density at radius 2 is 1.97 bits per heavy atom. The van der Waals surface area contributed by atoms with E-state index in [4.69, 9.17) is 20.8 Å². The summed E-state index contributed by atoms with van der Waals surface area (Å²) in [6.45, 7) is 1.37. The van der Waals surface area contributed by atoms with Crippen LogP contribution in [0.1, 0.15) is 43.2 Å². The summed E-state index contributed by atoms with van der Waals surface area (Å²) in [7, 11) is 0. The number of carbonyl (C=O) groups is 3. The van der Waals surface area contributed by atoms with Crippen LogP contribution in [-0.2, 0) is 9.53 Å². The number of hydrogen-bond donors (Lipinski definition) is 2. The van der Waals surface area contributed by atoms with Gasteiger partial charge in [-0.15, -0.1) is 0 Å². The first-order chi connectivity index (χ1) is 13.8. The average Bonchev–Trinajstić information content (AvgIpc) is 2.68. The molecule has 2 aromatic rings. The van der Waals surface area contributed by atoms with E-state index in [-0.39, 0.29) is 22.8 Å². The van der Waals surface area contributed by atoms with E-state index in [0.717, 1.165) is 31.7 Å². The molecule has 0 saturated heterocycles. The van der Waals surface area contributed by atoms with Crippen LogP contribution in [0.3, 0.4) is 0 Å². The lowest BCUT2D eigenvalue weighted by molar-refractivity contribution is -0.123. The Bertz CT molecular complexity index is 1000. The van der Waals surface area contributed by atoms with Crippen LogP contribution in [0.25, 0.3) is 11.0 Å². The van der Waals surface area contributed by atoms with Gasteiger partial charge in [-0.1, -0.05) is 31.4 Å². The highest BCUT2D eigenvalue weighted by Crippen LogP contribution is 2.23. The fraction of sp³-hybridized carbons (Fsp3) is 0.400. The van der Waals surface area contributed by atoms with Gasteiger partial charge in [-0.05, 0) is 37.0 Å². The summed E-state index contributed by atoms with van der Waals surface area (Å²) in [6, 6.07) is 4.76. The van der Waals surface area contributed by atoms with Crippen LogP contribution in [0.5, 0.6) is 0 Å². The maximum Gasteiger partial charge on any atom is 0.374 e. The van der Waals surface area contributed by atoms with Gasteiger partial charge in [-0.2, -0.15) is 0 Å². The molecule has 0 spiro atoms. The molecule has 29 heavy (non-hydrogen) atoms. The Labute approximate surface area is 171 Å². The van der Waals surface area contributed by atoms with E-state index < -0.39 is 29.9 Å². The molecular formula is C20H21ClN2O6. The van der Waals surface area contributed by atoms with Crippen LogP contribution in [-0.4, -0.2) is 30.6 Å². The number of carbonyl (C=O) groups excluding carboxylic acids is 3. The van der Waals surface area contributed by atoms with Gasteiger partial charge < -0.3 is 14.5 Å². The summed E-state index contributed by atoms with van der Waals surface area (Å²) in [5, 5.41) is 5.48. The standard InChI is InChI=1S/C20H21ClN2O6/c1-11-4-2-3-5-14(11)22-20(27)23-18(25)10-28-19(26)17-9-15(24)13-8-12(21)6-7-16(13)29-17/h6-9,11,14H,2-5,10H2,1H3,(H2,22,23,25,27)/t11-,14+/m0/s1. The van der Waals surface area contributed by atoms with Gasteiger partial charge in [0.2, 0.25) is 5.76 Å². The third-order valence-corrected chi connectivity index (χ3v) is 5.14. The van der Waals surface area contributed by atoms with Crippen molar-refractivity contribution in [3.05, 3.63) is 45.3 Å². The first-order valence-electron chi connectivity index (χ1n) is 9.34. The summed E-state index contributed by atoms with van der Waals surface area (Å²) in [4.78, 5) is 48.0. The van der Waals surface area contributed by atoms with Crippen molar-refractivity contribution in [2.24, 2.45) is 5.92 Å². The van der Waals surface area contributed by atoms with Crippen molar-refractivity contribution in [1.82, 2.24) is 10.6 Å². The highest BCUT2D eigenvalue weighted by molar-refractivity contribution is 6.31. The van der Waals surface area contributed by atoms with Gasteiger partial charge in [0.05, 0.1) is 5.39 Å². The summed E-state index contributed by atoms with van der Waals surface area (Å²) >= 11 is 5.84. The Kier molecular flexibility index (Phi) is 6.53. The molecule has 1 fully saturated rings. The number of amides is 3. The van der Waals surface area contributed by atoms with Gasteiger partial charge >= 0.3 is 12.0 Å². The third-order valence-electron chi connectivity index (χ3n) is 4.91. The van der Waals surface area contributed by atoms with Crippen molar-refractivity contribution in [2.45, 2.75) is 38.6 Å². The smallest absolute Gasteiger partial charge is 0.374 e.